The lowest BCUT2D eigenvalue weighted by Crippen LogP contribution is -2.30. The van der Waals surface area contributed by atoms with Crippen molar-refractivity contribution < 1.29 is 28.6 Å². The zero-order chi connectivity index (χ0) is 35.2. The van der Waals surface area contributed by atoms with Crippen LogP contribution in [0.15, 0.2) is 24.3 Å². The Balaban J connectivity index is 4.38. The van der Waals surface area contributed by atoms with Gasteiger partial charge in [0.05, 0.1) is 0 Å². The third-order valence-electron chi connectivity index (χ3n) is 8.68. The molecule has 0 radical (unpaired) electrons. The highest BCUT2D eigenvalue weighted by Crippen LogP contribution is 2.13. The van der Waals surface area contributed by atoms with Crippen LogP contribution in [0, 0.1) is 0 Å². The maximum Gasteiger partial charge on any atom is 0.306 e. The summed E-state index contributed by atoms with van der Waals surface area (Å²) in [5.74, 6) is -0.903. The van der Waals surface area contributed by atoms with E-state index in [1.54, 1.807) is 0 Å². The normalized spacial score (nSPS) is 12.1. The lowest BCUT2D eigenvalue weighted by atomic mass is 10.1. The molecule has 0 heterocycles. The van der Waals surface area contributed by atoms with Gasteiger partial charge in [0.15, 0.2) is 6.10 Å². The molecule has 280 valence electrons. The average Bonchev–Trinajstić information content (AvgIpc) is 3.08. The van der Waals surface area contributed by atoms with Gasteiger partial charge in [0.1, 0.15) is 13.2 Å². The minimum atomic E-state index is -0.770. The highest BCUT2D eigenvalue weighted by atomic mass is 16.6. The Morgan fingerprint density at radius 2 is 0.708 bits per heavy atom. The molecule has 1 atom stereocenters. The predicted octanol–water partition coefficient (Wildman–Crippen LogP) is 12.5. The number of hydrogen-bond acceptors (Lipinski definition) is 6. The van der Waals surface area contributed by atoms with Crippen LogP contribution in [-0.4, -0.2) is 37.2 Å². The fourth-order valence-electron chi connectivity index (χ4n) is 5.52. The van der Waals surface area contributed by atoms with Gasteiger partial charge in [-0.3, -0.25) is 14.4 Å². The molecule has 0 aromatic heterocycles. The Morgan fingerprint density at radius 3 is 1.10 bits per heavy atom. The van der Waals surface area contributed by atoms with E-state index in [0.29, 0.717) is 19.3 Å². The van der Waals surface area contributed by atoms with Crippen molar-refractivity contribution >= 4 is 17.9 Å². The van der Waals surface area contributed by atoms with E-state index in [-0.39, 0.29) is 31.1 Å². The Kier molecular flexibility index (Phi) is 36.0. The van der Waals surface area contributed by atoms with E-state index < -0.39 is 6.10 Å². The van der Waals surface area contributed by atoms with E-state index in [2.05, 4.69) is 45.1 Å². The number of ether oxygens (including phenoxy) is 3. The van der Waals surface area contributed by atoms with Crippen LogP contribution in [0.3, 0.4) is 0 Å². The number of allylic oxidation sites excluding steroid dienone is 4. The van der Waals surface area contributed by atoms with Crippen molar-refractivity contribution in [3.05, 3.63) is 24.3 Å². The minimum Gasteiger partial charge on any atom is -0.462 e. The largest absolute Gasteiger partial charge is 0.462 e. The molecule has 0 saturated carbocycles. The lowest BCUT2D eigenvalue weighted by molar-refractivity contribution is -0.167. The summed E-state index contributed by atoms with van der Waals surface area (Å²) in [7, 11) is 0. The highest BCUT2D eigenvalue weighted by molar-refractivity contribution is 5.71. The zero-order valence-corrected chi connectivity index (χ0v) is 31.8. The van der Waals surface area contributed by atoms with Gasteiger partial charge in [-0.2, -0.15) is 0 Å². The molecule has 6 heteroatoms. The van der Waals surface area contributed by atoms with Crippen LogP contribution in [-0.2, 0) is 28.6 Å². The molecule has 0 aliphatic rings. The number of unbranched alkanes of at least 4 members (excludes halogenated alkanes) is 21. The lowest BCUT2D eigenvalue weighted by Gasteiger charge is -2.18. The minimum absolute atomic E-state index is 0.0759. The Hall–Kier alpha value is -2.11. The third kappa shape index (κ3) is 35.2. The van der Waals surface area contributed by atoms with Crippen molar-refractivity contribution in [2.24, 2.45) is 0 Å². The van der Waals surface area contributed by atoms with Crippen LogP contribution in [0.5, 0.6) is 0 Å². The van der Waals surface area contributed by atoms with Gasteiger partial charge >= 0.3 is 17.9 Å². The first-order chi connectivity index (χ1) is 23.5. The van der Waals surface area contributed by atoms with Gasteiger partial charge in [0.2, 0.25) is 0 Å². The first-order valence-corrected chi connectivity index (χ1v) is 20.3. The summed E-state index contributed by atoms with van der Waals surface area (Å²) < 4.78 is 16.6. The van der Waals surface area contributed by atoms with Crippen LogP contribution >= 0.6 is 0 Å². The number of carbonyl (C=O) groups excluding carboxylic acids is 3. The fourth-order valence-corrected chi connectivity index (χ4v) is 5.52. The molecule has 0 spiro atoms. The molecule has 0 aliphatic carbocycles. The van der Waals surface area contributed by atoms with Crippen LogP contribution in [0.25, 0.3) is 0 Å². The van der Waals surface area contributed by atoms with Gasteiger partial charge in [-0.15, -0.1) is 0 Å². The van der Waals surface area contributed by atoms with Gasteiger partial charge in [0, 0.05) is 19.3 Å². The van der Waals surface area contributed by atoms with Gasteiger partial charge in [-0.1, -0.05) is 154 Å². The molecule has 0 fully saturated rings. The van der Waals surface area contributed by atoms with E-state index in [9.17, 15) is 14.4 Å². The SMILES string of the molecule is CCCC/C=C\CCCCCCCC(=O)OCC(COC(=O)CCCCCCCCCC)OC(=O)CCCCCCC/C=C\CCCC. The van der Waals surface area contributed by atoms with E-state index in [1.165, 1.54) is 89.9 Å². The predicted molar refractivity (Wildman–Crippen MR) is 201 cm³/mol. The van der Waals surface area contributed by atoms with E-state index in [0.717, 1.165) is 77.0 Å². The summed E-state index contributed by atoms with van der Waals surface area (Å²) in [5.41, 5.74) is 0. The van der Waals surface area contributed by atoms with Crippen LogP contribution in [0.2, 0.25) is 0 Å². The number of carbonyl (C=O) groups is 3. The summed E-state index contributed by atoms with van der Waals surface area (Å²) in [6, 6.07) is 0. The second-order valence-corrected chi connectivity index (χ2v) is 13.5. The van der Waals surface area contributed by atoms with Crippen molar-refractivity contribution in [2.45, 2.75) is 213 Å². The quantitative estimate of drug-likeness (QED) is 0.0284. The average molecular weight is 677 g/mol. The van der Waals surface area contributed by atoms with Crippen LogP contribution in [0.1, 0.15) is 207 Å². The van der Waals surface area contributed by atoms with Crippen molar-refractivity contribution in [2.75, 3.05) is 13.2 Å². The molecule has 0 aromatic carbocycles. The summed E-state index contributed by atoms with van der Waals surface area (Å²) in [5, 5.41) is 0. The standard InChI is InChI=1S/C42H76O6/c1-4-7-10-13-16-19-21-23-26-29-32-35-41(44)47-38-39(37-46-40(43)34-31-28-25-18-15-12-9-6-3)48-42(45)36-33-30-27-24-22-20-17-14-11-8-5-2/h13-14,16-17,39H,4-12,15,18-38H2,1-3H3/b16-13-,17-14-. The maximum atomic E-state index is 12.6. The molecule has 0 aliphatic heterocycles. The maximum absolute atomic E-state index is 12.6. The van der Waals surface area contributed by atoms with Crippen molar-refractivity contribution in [1.29, 1.82) is 0 Å². The molecule has 0 aromatic rings. The zero-order valence-electron chi connectivity index (χ0n) is 31.8. The molecule has 0 rings (SSSR count). The molecule has 0 amide bonds. The summed E-state index contributed by atoms with van der Waals surface area (Å²) in [6.45, 7) is 6.50. The first-order valence-electron chi connectivity index (χ1n) is 20.3. The Morgan fingerprint density at radius 1 is 0.396 bits per heavy atom. The third-order valence-corrected chi connectivity index (χ3v) is 8.68. The molecule has 0 N–H and O–H groups in total. The molecule has 1 unspecified atom stereocenters. The fraction of sp³-hybridized carbons (Fsp3) is 0.833. The van der Waals surface area contributed by atoms with Crippen LogP contribution in [0.4, 0.5) is 0 Å². The number of esters is 3. The summed E-state index contributed by atoms with van der Waals surface area (Å²) in [6.07, 6.45) is 38.8. The van der Waals surface area contributed by atoms with Crippen molar-refractivity contribution in [1.82, 2.24) is 0 Å². The monoisotopic (exact) mass is 677 g/mol. The summed E-state index contributed by atoms with van der Waals surface area (Å²) >= 11 is 0. The van der Waals surface area contributed by atoms with E-state index in [4.69, 9.17) is 14.2 Å². The van der Waals surface area contributed by atoms with E-state index >= 15 is 0 Å². The topological polar surface area (TPSA) is 78.9 Å². The smallest absolute Gasteiger partial charge is 0.306 e. The number of rotatable bonds is 36. The van der Waals surface area contributed by atoms with E-state index in [1.807, 2.05) is 0 Å². The highest BCUT2D eigenvalue weighted by Gasteiger charge is 2.19. The number of hydrogen-bond donors (Lipinski definition) is 0. The van der Waals surface area contributed by atoms with Gasteiger partial charge < -0.3 is 14.2 Å². The molecule has 48 heavy (non-hydrogen) atoms. The Labute approximate surface area is 296 Å². The Bertz CT molecular complexity index is 789. The molecular formula is C42H76O6. The molecular weight excluding hydrogens is 600 g/mol. The van der Waals surface area contributed by atoms with Gasteiger partial charge in [0.25, 0.3) is 0 Å². The van der Waals surface area contributed by atoms with Crippen molar-refractivity contribution in [3.63, 3.8) is 0 Å². The van der Waals surface area contributed by atoms with Crippen LogP contribution < -0.4 is 0 Å². The molecule has 6 nitrogen and oxygen atoms in total. The molecule has 0 saturated heterocycles. The second-order valence-electron chi connectivity index (χ2n) is 13.5. The van der Waals surface area contributed by atoms with Gasteiger partial charge in [-0.05, 0) is 57.8 Å². The molecule has 0 bridgehead atoms. The van der Waals surface area contributed by atoms with Crippen molar-refractivity contribution in [3.8, 4) is 0 Å². The second kappa shape index (κ2) is 37.7. The van der Waals surface area contributed by atoms with Gasteiger partial charge in [-0.25, -0.2) is 0 Å². The first kappa shape index (κ1) is 45.9. The summed E-state index contributed by atoms with van der Waals surface area (Å²) in [4.78, 5) is 37.4.